The molecule has 0 radical (unpaired) electrons. The molecule has 1 aliphatic carbocycles. The largest absolute Gasteiger partial charge is 0.416 e. The van der Waals surface area contributed by atoms with Gasteiger partial charge >= 0.3 is 6.18 Å². The normalized spacial score (nSPS) is 29.2. The Morgan fingerprint density at radius 1 is 1.15 bits per heavy atom. The summed E-state index contributed by atoms with van der Waals surface area (Å²) in [5.41, 5.74) is 11.1. The molecule has 10 heteroatoms. The van der Waals surface area contributed by atoms with Gasteiger partial charge < -0.3 is 26.4 Å². The van der Waals surface area contributed by atoms with Crippen LogP contribution in [-0.2, 0) is 10.9 Å². The van der Waals surface area contributed by atoms with E-state index in [2.05, 4.69) is 4.98 Å². The molecule has 1 heterocycles. The van der Waals surface area contributed by atoms with Crippen molar-refractivity contribution in [2.45, 2.75) is 47.9 Å². The Labute approximate surface area is 157 Å². The second-order valence-corrected chi connectivity index (χ2v) is 7.44. The Hall–Kier alpha value is -1.43. The van der Waals surface area contributed by atoms with Crippen LogP contribution in [0, 0.1) is 0 Å². The molecular formula is C17H20F3N3O3S. The number of hydrogen-bond acceptors (Lipinski definition) is 7. The number of pyridine rings is 1. The molecule has 1 aromatic carbocycles. The smallest absolute Gasteiger partial charge is 0.389 e. The Morgan fingerprint density at radius 2 is 1.89 bits per heavy atom. The molecule has 0 aliphatic heterocycles. The fourth-order valence-electron chi connectivity index (χ4n) is 3.11. The number of nitrogens with two attached hydrogens (primary N) is 2. The predicted molar refractivity (Wildman–Crippen MR) is 94.9 cm³/mol. The van der Waals surface area contributed by atoms with Gasteiger partial charge in [0.1, 0.15) is 12.2 Å². The van der Waals surface area contributed by atoms with Gasteiger partial charge in [-0.15, -0.1) is 0 Å². The monoisotopic (exact) mass is 403 g/mol. The SMILES string of the molecule is NC1C[C@@H](N)[C@@H](O)C(O)[C@H]1OCSc1ccnc2cc(C(F)(F)F)ccc12. The minimum Gasteiger partial charge on any atom is -0.389 e. The van der Waals surface area contributed by atoms with Crippen LogP contribution in [-0.4, -0.2) is 51.5 Å². The standard InChI is InChI=1S/C17H20F3N3O3S/c18-17(19,20)8-1-2-9-12(5-8)23-4-3-13(9)27-7-26-16-11(22)6-10(21)14(24)15(16)25/h1-5,10-11,14-16,24-25H,6-7,21-22H2/t10-,11?,14-,15?,16+/m1/s1. The van der Waals surface area contributed by atoms with E-state index in [4.69, 9.17) is 16.2 Å². The Morgan fingerprint density at radius 3 is 2.59 bits per heavy atom. The summed E-state index contributed by atoms with van der Waals surface area (Å²) in [7, 11) is 0. The zero-order valence-corrected chi connectivity index (χ0v) is 15.0. The maximum atomic E-state index is 12.8. The van der Waals surface area contributed by atoms with Gasteiger partial charge in [-0.2, -0.15) is 13.2 Å². The maximum Gasteiger partial charge on any atom is 0.416 e. The lowest BCUT2D eigenvalue weighted by Gasteiger charge is -2.39. The molecule has 0 amide bonds. The average molecular weight is 403 g/mol. The molecule has 2 aromatic rings. The molecule has 0 bridgehead atoms. The van der Waals surface area contributed by atoms with Gasteiger partial charge in [-0.05, 0) is 24.6 Å². The lowest BCUT2D eigenvalue weighted by molar-refractivity contribution is -0.137. The molecule has 1 aromatic heterocycles. The van der Waals surface area contributed by atoms with Crippen LogP contribution in [0.2, 0.25) is 0 Å². The predicted octanol–water partition coefficient (Wildman–Crippen LogP) is 1.47. The molecule has 1 aliphatic rings. The molecule has 5 atom stereocenters. The highest BCUT2D eigenvalue weighted by atomic mass is 32.2. The van der Waals surface area contributed by atoms with E-state index in [0.29, 0.717) is 16.7 Å². The summed E-state index contributed by atoms with van der Waals surface area (Å²) in [5.74, 6) is 0.0948. The van der Waals surface area contributed by atoms with Crippen LogP contribution in [0.15, 0.2) is 35.4 Å². The lowest BCUT2D eigenvalue weighted by Crippen LogP contribution is -2.61. The third-order valence-corrected chi connectivity index (χ3v) is 5.52. The van der Waals surface area contributed by atoms with Gasteiger partial charge in [-0.25, -0.2) is 0 Å². The van der Waals surface area contributed by atoms with Crippen molar-refractivity contribution in [3.63, 3.8) is 0 Å². The molecule has 6 nitrogen and oxygen atoms in total. The van der Waals surface area contributed by atoms with Crippen LogP contribution < -0.4 is 11.5 Å². The summed E-state index contributed by atoms with van der Waals surface area (Å²) in [4.78, 5) is 4.68. The first kappa shape index (κ1) is 20.3. The van der Waals surface area contributed by atoms with Gasteiger partial charge in [-0.1, -0.05) is 17.8 Å². The number of hydrogen-bond donors (Lipinski definition) is 4. The van der Waals surface area contributed by atoms with E-state index in [1.165, 1.54) is 24.0 Å². The number of aliphatic hydroxyl groups excluding tert-OH is 2. The minimum atomic E-state index is -4.43. The van der Waals surface area contributed by atoms with E-state index in [9.17, 15) is 23.4 Å². The fraction of sp³-hybridized carbons (Fsp3) is 0.471. The number of benzene rings is 1. The zero-order valence-electron chi connectivity index (χ0n) is 14.1. The summed E-state index contributed by atoms with van der Waals surface area (Å²) >= 11 is 1.24. The van der Waals surface area contributed by atoms with Crippen molar-refractivity contribution >= 4 is 22.7 Å². The molecule has 1 saturated carbocycles. The third-order valence-electron chi connectivity index (χ3n) is 4.60. The van der Waals surface area contributed by atoms with E-state index < -0.39 is 42.1 Å². The van der Waals surface area contributed by atoms with Crippen LogP contribution in [0.5, 0.6) is 0 Å². The van der Waals surface area contributed by atoms with Crippen molar-refractivity contribution in [2.24, 2.45) is 11.5 Å². The molecule has 3 rings (SSSR count). The number of alkyl halides is 3. The molecule has 27 heavy (non-hydrogen) atoms. The number of ether oxygens (including phenoxy) is 1. The summed E-state index contributed by atoms with van der Waals surface area (Å²) in [5, 5.41) is 20.5. The van der Waals surface area contributed by atoms with E-state index >= 15 is 0 Å². The Balaban J connectivity index is 1.70. The fourth-order valence-corrected chi connectivity index (χ4v) is 3.95. The number of aliphatic hydroxyl groups is 2. The van der Waals surface area contributed by atoms with Gasteiger partial charge in [-0.3, -0.25) is 4.98 Å². The van der Waals surface area contributed by atoms with Crippen molar-refractivity contribution in [2.75, 3.05) is 5.94 Å². The topological polar surface area (TPSA) is 115 Å². The molecule has 148 valence electrons. The van der Waals surface area contributed by atoms with Crippen molar-refractivity contribution in [3.05, 3.63) is 36.0 Å². The maximum absolute atomic E-state index is 12.8. The number of rotatable bonds is 4. The van der Waals surface area contributed by atoms with E-state index in [0.717, 1.165) is 12.1 Å². The molecule has 0 spiro atoms. The van der Waals surface area contributed by atoms with E-state index in [-0.39, 0.29) is 11.5 Å². The molecule has 1 fully saturated rings. The van der Waals surface area contributed by atoms with Crippen LogP contribution in [0.1, 0.15) is 12.0 Å². The highest BCUT2D eigenvalue weighted by Gasteiger charge is 2.41. The van der Waals surface area contributed by atoms with Crippen LogP contribution in [0.3, 0.4) is 0 Å². The van der Waals surface area contributed by atoms with Gasteiger partial charge in [0.05, 0.1) is 23.1 Å². The highest BCUT2D eigenvalue weighted by Crippen LogP contribution is 2.34. The van der Waals surface area contributed by atoms with E-state index in [1.54, 1.807) is 6.07 Å². The Kier molecular flexibility index (Phi) is 5.94. The minimum absolute atomic E-state index is 0.0948. The zero-order chi connectivity index (χ0) is 19.8. The van der Waals surface area contributed by atoms with Crippen LogP contribution in [0.25, 0.3) is 10.9 Å². The second-order valence-electron chi connectivity index (χ2n) is 6.48. The van der Waals surface area contributed by atoms with E-state index in [1.807, 2.05) is 0 Å². The van der Waals surface area contributed by atoms with Crippen molar-refractivity contribution in [1.29, 1.82) is 0 Å². The lowest BCUT2D eigenvalue weighted by atomic mass is 9.85. The number of aromatic nitrogens is 1. The summed E-state index contributed by atoms with van der Waals surface area (Å²) < 4.78 is 44.1. The second kappa shape index (κ2) is 7.90. The number of nitrogens with zero attached hydrogens (tertiary/aromatic N) is 1. The molecule has 0 saturated heterocycles. The molecular weight excluding hydrogens is 383 g/mol. The van der Waals surface area contributed by atoms with Gasteiger partial charge in [0, 0.05) is 28.6 Å². The summed E-state index contributed by atoms with van der Waals surface area (Å²) in [6, 6.07) is 3.91. The summed E-state index contributed by atoms with van der Waals surface area (Å²) in [6.07, 6.45) is -5.80. The third kappa shape index (κ3) is 4.36. The van der Waals surface area contributed by atoms with Crippen LogP contribution in [0.4, 0.5) is 13.2 Å². The van der Waals surface area contributed by atoms with Crippen molar-refractivity contribution < 1.29 is 28.1 Å². The first-order chi connectivity index (χ1) is 12.7. The Bertz CT molecular complexity index is 808. The first-order valence-corrected chi connectivity index (χ1v) is 9.24. The summed E-state index contributed by atoms with van der Waals surface area (Å²) in [6.45, 7) is 0. The highest BCUT2D eigenvalue weighted by molar-refractivity contribution is 7.99. The van der Waals surface area contributed by atoms with Gasteiger partial charge in [0.15, 0.2) is 0 Å². The van der Waals surface area contributed by atoms with Crippen molar-refractivity contribution in [3.8, 4) is 0 Å². The quantitative estimate of drug-likeness (QED) is 0.451. The number of thioether (sulfide) groups is 1. The molecule has 6 N–H and O–H groups in total. The number of fused-ring (bicyclic) bond motifs is 1. The first-order valence-electron chi connectivity index (χ1n) is 8.26. The van der Waals surface area contributed by atoms with Crippen molar-refractivity contribution in [1.82, 2.24) is 4.98 Å². The molecule has 2 unspecified atom stereocenters. The van der Waals surface area contributed by atoms with Gasteiger partial charge in [0.2, 0.25) is 0 Å². The number of halogens is 3. The van der Waals surface area contributed by atoms with Crippen LogP contribution >= 0.6 is 11.8 Å². The van der Waals surface area contributed by atoms with Gasteiger partial charge in [0.25, 0.3) is 0 Å². The average Bonchev–Trinajstić information content (AvgIpc) is 2.61.